The zero-order chi connectivity index (χ0) is 14.0. The van der Waals surface area contributed by atoms with E-state index in [-0.39, 0.29) is 11.9 Å². The summed E-state index contributed by atoms with van der Waals surface area (Å²) in [5, 5.41) is 12.7. The van der Waals surface area contributed by atoms with Crippen molar-refractivity contribution < 1.29 is 9.90 Å². The second-order valence-corrected chi connectivity index (χ2v) is 5.98. The third-order valence-corrected chi connectivity index (χ3v) is 4.57. The molecule has 1 aromatic carbocycles. The maximum absolute atomic E-state index is 12.2. The lowest BCUT2D eigenvalue weighted by Gasteiger charge is -2.34. The molecular formula is C14H19BrN2O2. The molecule has 0 spiro atoms. The predicted octanol–water partition coefficient (Wildman–Crippen LogP) is 2.99. The van der Waals surface area contributed by atoms with Gasteiger partial charge < -0.3 is 15.3 Å². The van der Waals surface area contributed by atoms with E-state index < -0.39 is 6.10 Å². The van der Waals surface area contributed by atoms with Crippen molar-refractivity contribution in [3.63, 3.8) is 0 Å². The number of carbonyl (C=O) groups excluding carboxylic acids is 1. The number of nitrogens with one attached hydrogen (secondary N) is 1. The number of rotatable bonds is 1. The molecule has 1 aliphatic heterocycles. The van der Waals surface area contributed by atoms with Crippen molar-refractivity contribution in [1.82, 2.24) is 4.90 Å². The Morgan fingerprint density at radius 1 is 1.53 bits per heavy atom. The highest BCUT2D eigenvalue weighted by atomic mass is 79.9. The van der Waals surface area contributed by atoms with Crippen molar-refractivity contribution in [2.24, 2.45) is 5.92 Å². The number of nitrogens with zero attached hydrogens (tertiary/aromatic N) is 1. The fourth-order valence-corrected chi connectivity index (χ4v) is 2.54. The highest BCUT2D eigenvalue weighted by Gasteiger charge is 2.27. The first-order chi connectivity index (χ1) is 8.99. The Balaban J connectivity index is 2.03. The molecule has 2 atom stereocenters. The molecular weight excluding hydrogens is 308 g/mol. The number of carbonyl (C=O) groups is 1. The normalized spacial score (nSPS) is 23.3. The highest BCUT2D eigenvalue weighted by Crippen LogP contribution is 2.24. The van der Waals surface area contributed by atoms with Crippen molar-refractivity contribution in [1.29, 1.82) is 0 Å². The molecule has 0 aliphatic carbocycles. The molecule has 19 heavy (non-hydrogen) atoms. The SMILES string of the molecule is Cc1c(Br)cccc1NC(=O)N1CCC(C)C(O)C1. The van der Waals surface area contributed by atoms with Gasteiger partial charge >= 0.3 is 6.03 Å². The summed E-state index contributed by atoms with van der Waals surface area (Å²) in [7, 11) is 0. The molecule has 104 valence electrons. The van der Waals surface area contributed by atoms with Gasteiger partial charge in [0.1, 0.15) is 0 Å². The van der Waals surface area contributed by atoms with Crippen LogP contribution < -0.4 is 5.32 Å². The molecule has 2 amide bonds. The van der Waals surface area contributed by atoms with Crippen LogP contribution in [0.4, 0.5) is 10.5 Å². The largest absolute Gasteiger partial charge is 0.391 e. The van der Waals surface area contributed by atoms with E-state index in [1.165, 1.54) is 0 Å². The van der Waals surface area contributed by atoms with Gasteiger partial charge in [-0.3, -0.25) is 0 Å². The smallest absolute Gasteiger partial charge is 0.321 e. The number of aliphatic hydroxyl groups excluding tert-OH is 1. The molecule has 0 saturated carbocycles. The minimum atomic E-state index is -0.428. The van der Waals surface area contributed by atoms with E-state index in [0.717, 1.165) is 22.1 Å². The van der Waals surface area contributed by atoms with E-state index in [4.69, 9.17) is 0 Å². The maximum Gasteiger partial charge on any atom is 0.321 e. The van der Waals surface area contributed by atoms with Crippen molar-refractivity contribution in [3.8, 4) is 0 Å². The van der Waals surface area contributed by atoms with Crippen LogP contribution in [-0.4, -0.2) is 35.2 Å². The van der Waals surface area contributed by atoms with Crippen LogP contribution in [0.25, 0.3) is 0 Å². The van der Waals surface area contributed by atoms with Gasteiger partial charge in [0, 0.05) is 23.2 Å². The van der Waals surface area contributed by atoms with Gasteiger partial charge in [-0.25, -0.2) is 4.79 Å². The number of hydrogen-bond donors (Lipinski definition) is 2. The van der Waals surface area contributed by atoms with Gasteiger partial charge in [0.15, 0.2) is 0 Å². The van der Waals surface area contributed by atoms with Crippen LogP contribution in [0.5, 0.6) is 0 Å². The fourth-order valence-electron chi connectivity index (χ4n) is 2.17. The number of amides is 2. The minimum absolute atomic E-state index is 0.146. The number of halogens is 1. The molecule has 0 radical (unpaired) electrons. The van der Waals surface area contributed by atoms with Crippen LogP contribution in [-0.2, 0) is 0 Å². The molecule has 2 unspecified atom stereocenters. The molecule has 5 heteroatoms. The third kappa shape index (κ3) is 3.28. The lowest BCUT2D eigenvalue weighted by Crippen LogP contribution is -2.47. The van der Waals surface area contributed by atoms with Crippen LogP contribution in [0.1, 0.15) is 18.9 Å². The van der Waals surface area contributed by atoms with Crippen LogP contribution in [0, 0.1) is 12.8 Å². The quantitative estimate of drug-likeness (QED) is 0.833. The first-order valence-electron chi connectivity index (χ1n) is 6.48. The average molecular weight is 327 g/mol. The molecule has 1 saturated heterocycles. The Hall–Kier alpha value is -1.07. The molecule has 1 aromatic rings. The first kappa shape index (κ1) is 14.3. The highest BCUT2D eigenvalue weighted by molar-refractivity contribution is 9.10. The number of hydrogen-bond acceptors (Lipinski definition) is 2. The first-order valence-corrected chi connectivity index (χ1v) is 7.27. The van der Waals surface area contributed by atoms with Gasteiger partial charge in [0.25, 0.3) is 0 Å². The molecule has 0 aromatic heterocycles. The Bertz CT molecular complexity index is 479. The number of β-amino-alcohol motifs (C(OH)–C–C–N with tert-alkyl or cyclic N) is 1. The van der Waals surface area contributed by atoms with E-state index in [0.29, 0.717) is 13.1 Å². The van der Waals surface area contributed by atoms with Crippen LogP contribution in [0.15, 0.2) is 22.7 Å². The zero-order valence-electron chi connectivity index (χ0n) is 11.2. The zero-order valence-corrected chi connectivity index (χ0v) is 12.8. The van der Waals surface area contributed by atoms with Gasteiger partial charge in [0.05, 0.1) is 6.10 Å². The number of benzene rings is 1. The number of piperidine rings is 1. The van der Waals surface area contributed by atoms with Crippen molar-refractivity contribution >= 4 is 27.6 Å². The molecule has 1 heterocycles. The summed E-state index contributed by atoms with van der Waals surface area (Å²) in [5.41, 5.74) is 1.80. The second-order valence-electron chi connectivity index (χ2n) is 5.12. The summed E-state index contributed by atoms with van der Waals surface area (Å²) in [4.78, 5) is 13.8. The average Bonchev–Trinajstić information content (AvgIpc) is 2.38. The Morgan fingerprint density at radius 2 is 2.26 bits per heavy atom. The molecule has 0 bridgehead atoms. The number of likely N-dealkylation sites (tertiary alicyclic amines) is 1. The van der Waals surface area contributed by atoms with Crippen LogP contribution in [0.2, 0.25) is 0 Å². The Morgan fingerprint density at radius 3 is 2.95 bits per heavy atom. The number of aliphatic hydroxyl groups is 1. The maximum atomic E-state index is 12.2. The van der Waals surface area contributed by atoms with E-state index in [1.807, 2.05) is 32.0 Å². The standard InChI is InChI=1S/C14H19BrN2O2/c1-9-6-7-17(8-13(9)18)14(19)16-12-5-3-4-11(15)10(12)2/h3-5,9,13,18H,6-8H2,1-2H3,(H,16,19). The van der Waals surface area contributed by atoms with Crippen molar-refractivity contribution in [2.45, 2.75) is 26.4 Å². The van der Waals surface area contributed by atoms with Gasteiger partial charge in [-0.15, -0.1) is 0 Å². The van der Waals surface area contributed by atoms with E-state index >= 15 is 0 Å². The van der Waals surface area contributed by atoms with Crippen molar-refractivity contribution in [2.75, 3.05) is 18.4 Å². The summed E-state index contributed by atoms with van der Waals surface area (Å²) >= 11 is 3.44. The second kappa shape index (κ2) is 5.92. The summed E-state index contributed by atoms with van der Waals surface area (Å²) in [6.07, 6.45) is 0.412. The molecule has 4 nitrogen and oxygen atoms in total. The number of anilines is 1. The van der Waals surface area contributed by atoms with E-state index in [1.54, 1.807) is 4.90 Å². The third-order valence-electron chi connectivity index (χ3n) is 3.72. The van der Waals surface area contributed by atoms with Gasteiger partial charge in [-0.2, -0.15) is 0 Å². The molecule has 1 aliphatic rings. The molecule has 2 N–H and O–H groups in total. The fraction of sp³-hybridized carbons (Fsp3) is 0.500. The summed E-state index contributed by atoms with van der Waals surface area (Å²) < 4.78 is 0.970. The van der Waals surface area contributed by atoms with Crippen molar-refractivity contribution in [3.05, 3.63) is 28.2 Å². The minimum Gasteiger partial charge on any atom is -0.391 e. The monoisotopic (exact) mass is 326 g/mol. The van der Waals surface area contributed by atoms with Gasteiger partial charge in [-0.05, 0) is 37.0 Å². The predicted molar refractivity (Wildman–Crippen MR) is 79.3 cm³/mol. The summed E-state index contributed by atoms with van der Waals surface area (Å²) in [5.74, 6) is 0.261. The Kier molecular flexibility index (Phi) is 4.47. The summed E-state index contributed by atoms with van der Waals surface area (Å²) in [6, 6.07) is 5.56. The molecule has 2 rings (SSSR count). The van der Waals surface area contributed by atoms with Gasteiger partial charge in [0.2, 0.25) is 0 Å². The van der Waals surface area contributed by atoms with E-state index in [2.05, 4.69) is 21.2 Å². The van der Waals surface area contributed by atoms with Crippen LogP contribution >= 0.6 is 15.9 Å². The van der Waals surface area contributed by atoms with Crippen LogP contribution in [0.3, 0.4) is 0 Å². The Labute approximate surface area is 121 Å². The topological polar surface area (TPSA) is 52.6 Å². The van der Waals surface area contributed by atoms with Gasteiger partial charge in [-0.1, -0.05) is 28.9 Å². The molecule has 1 fully saturated rings. The number of urea groups is 1. The lowest BCUT2D eigenvalue weighted by molar-refractivity contribution is 0.0464. The lowest BCUT2D eigenvalue weighted by atomic mass is 9.96. The summed E-state index contributed by atoms with van der Waals surface area (Å²) in [6.45, 7) is 5.06. The van der Waals surface area contributed by atoms with E-state index in [9.17, 15) is 9.90 Å².